The number of aromatic amines is 1. The zero-order valence-electron chi connectivity index (χ0n) is 17.2. The van der Waals surface area contributed by atoms with Crippen molar-refractivity contribution in [1.29, 1.82) is 0 Å². The number of carbonyl (C=O) groups is 1. The molecule has 8 heteroatoms. The van der Waals surface area contributed by atoms with Crippen LogP contribution < -0.4 is 10.6 Å². The summed E-state index contributed by atoms with van der Waals surface area (Å²) in [5.41, 5.74) is 3.64. The molecule has 4 aromatic rings. The third-order valence-corrected chi connectivity index (χ3v) is 4.96. The van der Waals surface area contributed by atoms with Crippen LogP contribution in [0, 0.1) is 0 Å². The Labute approximate surface area is 185 Å². The van der Waals surface area contributed by atoms with E-state index in [1.807, 2.05) is 60.7 Å². The third kappa shape index (κ3) is 4.83. The molecule has 162 valence electrons. The maximum absolute atomic E-state index is 12.7. The van der Waals surface area contributed by atoms with Gasteiger partial charge in [-0.25, -0.2) is 9.97 Å². The number of carbonyl (C=O) groups excluding carboxylic acids is 1. The molecule has 4 rings (SSSR count). The maximum Gasteiger partial charge on any atom is 0.268 e. The van der Waals surface area contributed by atoms with E-state index in [2.05, 4.69) is 25.6 Å². The second-order valence-corrected chi connectivity index (χ2v) is 7.14. The van der Waals surface area contributed by atoms with Crippen LogP contribution in [0.2, 0.25) is 0 Å². The van der Waals surface area contributed by atoms with Gasteiger partial charge in [0.25, 0.3) is 5.91 Å². The van der Waals surface area contributed by atoms with Crippen LogP contribution in [0.1, 0.15) is 27.7 Å². The van der Waals surface area contributed by atoms with Gasteiger partial charge in [0, 0.05) is 29.2 Å². The minimum atomic E-state index is -0.524. The average Bonchev–Trinajstić information content (AvgIpc) is 3.34. The molecule has 8 nitrogen and oxygen atoms in total. The van der Waals surface area contributed by atoms with Gasteiger partial charge in [0.2, 0.25) is 5.95 Å². The number of anilines is 2. The molecule has 0 radical (unpaired) electrons. The lowest BCUT2D eigenvalue weighted by atomic mass is 10.1. The molecule has 0 aliphatic carbocycles. The molecule has 0 saturated carbocycles. The molecule has 2 aromatic carbocycles. The number of rotatable bonds is 8. The summed E-state index contributed by atoms with van der Waals surface area (Å²) in [4.78, 5) is 24.5. The lowest BCUT2D eigenvalue weighted by molar-refractivity contribution is 0.0911. The highest BCUT2D eigenvalue weighted by Crippen LogP contribution is 2.25. The number of nitrogens with zero attached hydrogens (tertiary/aromatic N) is 2. The Morgan fingerprint density at radius 3 is 2.44 bits per heavy atom. The van der Waals surface area contributed by atoms with Crippen molar-refractivity contribution in [3.8, 4) is 11.3 Å². The van der Waals surface area contributed by atoms with Crippen molar-refractivity contribution < 1.29 is 15.0 Å². The smallest absolute Gasteiger partial charge is 0.268 e. The van der Waals surface area contributed by atoms with Gasteiger partial charge in [-0.2, -0.15) is 0 Å². The Balaban J connectivity index is 1.55. The van der Waals surface area contributed by atoms with Gasteiger partial charge in [0.1, 0.15) is 5.69 Å². The van der Waals surface area contributed by atoms with E-state index >= 15 is 0 Å². The van der Waals surface area contributed by atoms with Crippen LogP contribution >= 0.6 is 0 Å². The molecule has 2 heterocycles. The Kier molecular flexibility index (Phi) is 6.54. The summed E-state index contributed by atoms with van der Waals surface area (Å²) >= 11 is 0. The molecule has 0 aliphatic rings. The van der Waals surface area contributed by atoms with Crippen LogP contribution in [-0.2, 0) is 6.61 Å². The predicted octanol–water partition coefficient (Wildman–Crippen LogP) is 3.17. The first kappa shape index (κ1) is 21.2. The van der Waals surface area contributed by atoms with Crippen molar-refractivity contribution in [2.75, 3.05) is 11.9 Å². The summed E-state index contributed by atoms with van der Waals surface area (Å²) in [5.74, 6) is 0.0152. The van der Waals surface area contributed by atoms with Crippen LogP contribution in [-0.4, -0.2) is 37.7 Å². The van der Waals surface area contributed by atoms with Crippen LogP contribution in [0.15, 0.2) is 79.1 Å². The molecule has 5 N–H and O–H groups in total. The standard InChI is InChI=1S/C24H23N5O3/c30-14-18-13-26-24(27-19-9-5-2-6-10-19)29-22(18)17-11-20(25-12-17)23(32)28-21(15-31)16-7-3-1-4-8-16/h1-13,21,25,30-31H,14-15H2,(H,28,32)(H,26,27,29)/t21-/m1/s1. The SMILES string of the molecule is O=C(N[C@H](CO)c1ccccc1)c1cc(-c2nc(Nc3ccccc3)ncc2CO)c[nH]1. The molecule has 0 unspecified atom stereocenters. The fourth-order valence-electron chi connectivity index (χ4n) is 3.30. The molecule has 0 saturated heterocycles. The van der Waals surface area contributed by atoms with Gasteiger partial charge in [-0.05, 0) is 23.8 Å². The topological polar surface area (TPSA) is 123 Å². The number of para-hydroxylation sites is 1. The number of hydrogen-bond donors (Lipinski definition) is 5. The van der Waals surface area contributed by atoms with Crippen LogP contribution in [0.4, 0.5) is 11.6 Å². The predicted molar refractivity (Wildman–Crippen MR) is 121 cm³/mol. The van der Waals surface area contributed by atoms with Gasteiger partial charge in [-0.15, -0.1) is 0 Å². The summed E-state index contributed by atoms with van der Waals surface area (Å²) in [5, 5.41) is 25.4. The van der Waals surface area contributed by atoms with Crippen molar-refractivity contribution in [1.82, 2.24) is 20.3 Å². The minimum Gasteiger partial charge on any atom is -0.394 e. The fourth-order valence-corrected chi connectivity index (χ4v) is 3.30. The minimum absolute atomic E-state index is 0.224. The van der Waals surface area contributed by atoms with E-state index in [1.54, 1.807) is 18.5 Å². The fraction of sp³-hybridized carbons (Fsp3) is 0.125. The van der Waals surface area contributed by atoms with E-state index in [0.29, 0.717) is 28.5 Å². The van der Waals surface area contributed by atoms with Crippen LogP contribution in [0.25, 0.3) is 11.3 Å². The number of benzene rings is 2. The monoisotopic (exact) mass is 429 g/mol. The highest BCUT2D eigenvalue weighted by molar-refractivity contribution is 5.94. The number of hydrogen-bond acceptors (Lipinski definition) is 6. The Morgan fingerprint density at radius 1 is 1.03 bits per heavy atom. The summed E-state index contributed by atoms with van der Waals surface area (Å²) in [6.45, 7) is -0.466. The highest BCUT2D eigenvalue weighted by atomic mass is 16.3. The molecule has 0 aliphatic heterocycles. The summed E-state index contributed by atoms with van der Waals surface area (Å²) in [7, 11) is 0. The third-order valence-electron chi connectivity index (χ3n) is 4.96. The van der Waals surface area contributed by atoms with Crippen molar-refractivity contribution in [3.05, 3.63) is 95.9 Å². The normalized spacial score (nSPS) is 11.7. The first-order valence-electron chi connectivity index (χ1n) is 10.1. The first-order chi connectivity index (χ1) is 15.7. The van der Waals surface area contributed by atoms with Crippen LogP contribution in [0.5, 0.6) is 0 Å². The first-order valence-corrected chi connectivity index (χ1v) is 10.1. The van der Waals surface area contributed by atoms with Crippen molar-refractivity contribution >= 4 is 17.5 Å². The van der Waals surface area contributed by atoms with Gasteiger partial charge in [0.05, 0.1) is 24.9 Å². The van der Waals surface area contributed by atoms with Crippen molar-refractivity contribution in [3.63, 3.8) is 0 Å². The molecule has 1 atom stereocenters. The van der Waals surface area contributed by atoms with Crippen LogP contribution in [0.3, 0.4) is 0 Å². The number of amides is 1. The highest BCUT2D eigenvalue weighted by Gasteiger charge is 2.18. The number of nitrogens with one attached hydrogen (secondary N) is 3. The molecular formula is C24H23N5O3. The zero-order chi connectivity index (χ0) is 22.3. The van der Waals surface area contributed by atoms with Gasteiger partial charge >= 0.3 is 0 Å². The largest absolute Gasteiger partial charge is 0.394 e. The lowest BCUT2D eigenvalue weighted by Crippen LogP contribution is -2.30. The number of aliphatic hydroxyl groups is 2. The van der Waals surface area contributed by atoms with Gasteiger partial charge in [-0.3, -0.25) is 4.79 Å². The summed E-state index contributed by atoms with van der Waals surface area (Å²) < 4.78 is 0. The second kappa shape index (κ2) is 9.86. The maximum atomic E-state index is 12.7. The number of aliphatic hydroxyl groups excluding tert-OH is 2. The Morgan fingerprint density at radius 2 is 1.75 bits per heavy atom. The number of H-pyrrole nitrogens is 1. The molecule has 1 amide bonds. The van der Waals surface area contributed by atoms with Gasteiger partial charge in [-0.1, -0.05) is 48.5 Å². The van der Waals surface area contributed by atoms with Crippen molar-refractivity contribution in [2.24, 2.45) is 0 Å². The summed E-state index contributed by atoms with van der Waals surface area (Å²) in [6.07, 6.45) is 3.21. The molecule has 0 spiro atoms. The van der Waals surface area contributed by atoms with E-state index < -0.39 is 6.04 Å². The molecule has 0 fully saturated rings. The van der Waals surface area contributed by atoms with Gasteiger partial charge < -0.3 is 25.8 Å². The van der Waals surface area contributed by atoms with E-state index in [4.69, 9.17) is 0 Å². The van der Waals surface area contributed by atoms with Crippen molar-refractivity contribution in [2.45, 2.75) is 12.6 Å². The average molecular weight is 429 g/mol. The molecular weight excluding hydrogens is 406 g/mol. The van der Waals surface area contributed by atoms with E-state index in [9.17, 15) is 15.0 Å². The Hall–Kier alpha value is -4.01. The quantitative estimate of drug-likeness (QED) is 0.293. The van der Waals surface area contributed by atoms with E-state index in [1.165, 1.54) is 0 Å². The zero-order valence-corrected chi connectivity index (χ0v) is 17.2. The second-order valence-electron chi connectivity index (χ2n) is 7.14. The van der Waals surface area contributed by atoms with E-state index in [-0.39, 0.29) is 19.1 Å². The summed E-state index contributed by atoms with van der Waals surface area (Å²) in [6, 6.07) is 19.9. The lowest BCUT2D eigenvalue weighted by Gasteiger charge is -2.16. The Bertz CT molecular complexity index is 1180. The molecule has 32 heavy (non-hydrogen) atoms. The number of aromatic nitrogens is 3. The molecule has 2 aromatic heterocycles. The van der Waals surface area contributed by atoms with E-state index in [0.717, 1.165) is 11.3 Å². The molecule has 0 bridgehead atoms. The van der Waals surface area contributed by atoms with Gasteiger partial charge in [0.15, 0.2) is 0 Å².